The summed E-state index contributed by atoms with van der Waals surface area (Å²) in [6, 6.07) is 18.9. The molecule has 0 radical (unpaired) electrons. The Morgan fingerprint density at radius 1 is 0.688 bits per heavy atom. The van der Waals surface area contributed by atoms with Crippen LogP contribution >= 0.6 is 0 Å². The SMILES string of the molecule is CCCCC1=C(C)[CH]([Zr]([CH3])([CH3])([SiH3])[CH]2C(C)=C(CCCC)c3ccccc32)c2ccccc21. The van der Waals surface area contributed by atoms with Crippen LogP contribution in [0.5, 0.6) is 0 Å². The normalized spacial score (nSPS) is 21.6. The molecule has 2 unspecified atom stereocenters. The van der Waals surface area contributed by atoms with Crippen molar-refractivity contribution in [3.05, 3.63) is 81.9 Å². The van der Waals surface area contributed by atoms with Crippen molar-refractivity contribution in [2.24, 2.45) is 0 Å². The summed E-state index contributed by atoms with van der Waals surface area (Å²) in [6.45, 7) is 9.66. The molecule has 32 heavy (non-hydrogen) atoms. The number of allylic oxidation sites excluding steroid dienone is 4. The molecule has 0 nitrogen and oxygen atoms in total. The minimum absolute atomic E-state index is 0.699. The molecule has 171 valence electrons. The summed E-state index contributed by atoms with van der Waals surface area (Å²) in [6.07, 6.45) is 7.66. The van der Waals surface area contributed by atoms with Gasteiger partial charge in [-0.15, -0.1) is 0 Å². The van der Waals surface area contributed by atoms with E-state index >= 15 is 0 Å². The van der Waals surface area contributed by atoms with Crippen LogP contribution in [0.4, 0.5) is 0 Å². The zero-order chi connectivity index (χ0) is 23.1. The van der Waals surface area contributed by atoms with E-state index in [4.69, 9.17) is 0 Å². The van der Waals surface area contributed by atoms with Crippen molar-refractivity contribution >= 4 is 18.5 Å². The number of fused-ring (bicyclic) bond motifs is 2. The molecular weight excluding hydrogens is 480 g/mol. The van der Waals surface area contributed by atoms with E-state index in [0.29, 0.717) is 7.25 Å². The molecule has 2 aliphatic carbocycles. The maximum absolute atomic E-state index is 3.26. The van der Waals surface area contributed by atoms with E-state index < -0.39 is 17.9 Å². The van der Waals surface area contributed by atoms with E-state index in [2.05, 4.69) is 85.5 Å². The fourth-order valence-corrected chi connectivity index (χ4v) is 32.3. The first-order valence-corrected chi connectivity index (χ1v) is 29.1. The van der Waals surface area contributed by atoms with Crippen molar-refractivity contribution < 1.29 is 17.9 Å². The van der Waals surface area contributed by atoms with Gasteiger partial charge in [-0.05, 0) is 0 Å². The molecule has 2 heteroatoms. The Kier molecular flexibility index (Phi) is 6.79. The van der Waals surface area contributed by atoms with Crippen molar-refractivity contribution in [1.29, 1.82) is 0 Å². The first kappa shape index (κ1) is 24.2. The first-order chi connectivity index (χ1) is 15.2. The Hall–Kier alpha value is -0.980. The predicted octanol–water partition coefficient (Wildman–Crippen LogP) is 8.49. The summed E-state index contributed by atoms with van der Waals surface area (Å²) in [5.41, 5.74) is 13.4. The maximum atomic E-state index is 2.83. The summed E-state index contributed by atoms with van der Waals surface area (Å²) < 4.78 is 7.05. The van der Waals surface area contributed by atoms with E-state index in [0.717, 1.165) is 0 Å². The van der Waals surface area contributed by atoms with Gasteiger partial charge in [0.25, 0.3) is 0 Å². The summed E-state index contributed by atoms with van der Waals surface area (Å²) in [5, 5.41) is 0. The number of benzene rings is 2. The first-order valence-electron chi connectivity index (χ1n) is 13.0. The molecule has 0 heterocycles. The monoisotopic (exact) mass is 521 g/mol. The van der Waals surface area contributed by atoms with E-state index in [1.165, 1.54) is 45.9 Å². The molecule has 0 aliphatic heterocycles. The minimum atomic E-state index is -3.26. The molecule has 2 aromatic rings. The van der Waals surface area contributed by atoms with Crippen LogP contribution in [0.2, 0.25) is 9.26 Å². The zero-order valence-corrected chi connectivity index (χ0v) is 26.0. The van der Waals surface area contributed by atoms with Gasteiger partial charge in [0.1, 0.15) is 0 Å². The molecule has 0 bridgehead atoms. The Morgan fingerprint density at radius 3 is 1.44 bits per heavy atom. The molecular formula is C30H43SiZr. The standard InChI is InChI=1S/2C14H17.2CH3.H3Si.Zr/c2*1-3-4-8-13-11(2)10-12-7-5-6-9-14(12)13;;;;/h2*5-7,9-10H,3-4,8H2,1-2H3;3*1H3;. The third kappa shape index (κ3) is 3.84. The Labute approximate surface area is 200 Å². The molecule has 0 saturated heterocycles. The molecule has 0 spiro atoms. The van der Waals surface area contributed by atoms with Gasteiger partial charge in [-0.2, -0.15) is 0 Å². The van der Waals surface area contributed by atoms with Crippen molar-refractivity contribution in [2.45, 2.75) is 82.7 Å². The molecule has 0 amide bonds. The number of hydrogen-bond donors (Lipinski definition) is 0. The van der Waals surface area contributed by atoms with Crippen molar-refractivity contribution in [1.82, 2.24) is 0 Å². The summed E-state index contributed by atoms with van der Waals surface area (Å²) >= 11 is -3.26. The molecule has 0 fully saturated rings. The summed E-state index contributed by atoms with van der Waals surface area (Å²) in [5.74, 6) is 0. The van der Waals surface area contributed by atoms with Crippen molar-refractivity contribution in [3.63, 3.8) is 0 Å². The molecule has 0 aromatic heterocycles. The molecule has 4 rings (SSSR count). The van der Waals surface area contributed by atoms with Gasteiger partial charge >= 0.3 is 201 Å². The third-order valence-corrected chi connectivity index (χ3v) is 29.3. The number of rotatable bonds is 8. The second kappa shape index (κ2) is 8.99. The van der Waals surface area contributed by atoms with E-state index in [-0.39, 0.29) is 0 Å². The second-order valence-corrected chi connectivity index (χ2v) is 50.2. The fourth-order valence-electron chi connectivity index (χ4n) is 7.49. The van der Waals surface area contributed by atoms with Crippen molar-refractivity contribution in [3.8, 4) is 0 Å². The summed E-state index contributed by atoms with van der Waals surface area (Å²) in [7, 11) is 1.34. The van der Waals surface area contributed by atoms with Gasteiger partial charge in [-0.1, -0.05) is 0 Å². The average molecular weight is 523 g/mol. The summed E-state index contributed by atoms with van der Waals surface area (Å²) in [4.78, 5) is 0. The van der Waals surface area contributed by atoms with Crippen LogP contribution in [0.1, 0.15) is 95.7 Å². The number of unbranched alkanes of at least 4 members (excludes halogenated alkanes) is 2. The topological polar surface area (TPSA) is 0 Å². The fraction of sp³-hybridized carbons (Fsp3) is 0.467. The average Bonchev–Trinajstić information content (AvgIpc) is 3.21. The van der Waals surface area contributed by atoms with Crippen LogP contribution < -0.4 is 0 Å². The van der Waals surface area contributed by atoms with Crippen LogP contribution in [-0.4, -0.2) is 7.37 Å². The quantitative estimate of drug-likeness (QED) is 0.305. The molecule has 2 aromatic carbocycles. The third-order valence-electron chi connectivity index (χ3n) is 8.64. The van der Waals surface area contributed by atoms with Gasteiger partial charge in [0.05, 0.1) is 0 Å². The molecule has 0 N–H and O–H groups in total. The molecule has 2 aliphatic rings. The van der Waals surface area contributed by atoms with Gasteiger partial charge in [-0.25, -0.2) is 0 Å². The van der Waals surface area contributed by atoms with Gasteiger partial charge in [-0.3, -0.25) is 0 Å². The van der Waals surface area contributed by atoms with Crippen LogP contribution in [0.15, 0.2) is 59.7 Å². The van der Waals surface area contributed by atoms with E-state index in [1.54, 1.807) is 44.5 Å². The molecule has 0 saturated carbocycles. The van der Waals surface area contributed by atoms with Crippen LogP contribution in [0.25, 0.3) is 11.1 Å². The van der Waals surface area contributed by atoms with Crippen molar-refractivity contribution in [2.75, 3.05) is 0 Å². The van der Waals surface area contributed by atoms with Gasteiger partial charge in [0, 0.05) is 0 Å². The van der Waals surface area contributed by atoms with Gasteiger partial charge in [0.2, 0.25) is 0 Å². The Bertz CT molecular complexity index is 996. The van der Waals surface area contributed by atoms with Crippen LogP contribution in [0.3, 0.4) is 0 Å². The zero-order valence-electron chi connectivity index (χ0n) is 21.5. The van der Waals surface area contributed by atoms with E-state index in [1.807, 2.05) is 0 Å². The number of hydrogen-bond acceptors (Lipinski definition) is 0. The molecule has 2 atom stereocenters. The Morgan fingerprint density at radius 2 is 1.06 bits per heavy atom. The second-order valence-electron chi connectivity index (χ2n) is 12.0. The predicted molar refractivity (Wildman–Crippen MR) is 144 cm³/mol. The van der Waals surface area contributed by atoms with Crippen LogP contribution in [0, 0.1) is 0 Å². The van der Waals surface area contributed by atoms with Gasteiger partial charge < -0.3 is 0 Å². The van der Waals surface area contributed by atoms with E-state index in [9.17, 15) is 0 Å². The van der Waals surface area contributed by atoms with Gasteiger partial charge in [0.15, 0.2) is 0 Å². The Balaban J connectivity index is 1.89. The van der Waals surface area contributed by atoms with Crippen LogP contribution in [-0.2, 0) is 17.9 Å².